The molecule has 1 N–H and O–H groups in total. The van der Waals surface area contributed by atoms with Crippen LogP contribution in [0.4, 0.5) is 15.8 Å². The topological polar surface area (TPSA) is 55.2 Å². The summed E-state index contributed by atoms with van der Waals surface area (Å²) in [5.74, 6) is -0.497. The molecule has 1 aromatic heterocycles. The number of hydrogen-bond acceptors (Lipinski definition) is 4. The number of hydrogen-bond donors (Lipinski definition) is 1. The molecule has 0 aliphatic rings. The highest BCUT2D eigenvalue weighted by Crippen LogP contribution is 2.25. The van der Waals surface area contributed by atoms with E-state index >= 15 is 0 Å². The zero-order chi connectivity index (χ0) is 12.3. The van der Waals surface area contributed by atoms with Gasteiger partial charge >= 0.3 is 0 Å². The molecule has 0 unspecified atom stereocenters. The summed E-state index contributed by atoms with van der Waals surface area (Å²) >= 11 is 1.54. The van der Waals surface area contributed by atoms with Gasteiger partial charge in [-0.25, -0.2) is 4.39 Å². The minimum absolute atomic E-state index is 0.123. The van der Waals surface area contributed by atoms with Crippen molar-refractivity contribution in [2.24, 2.45) is 0 Å². The maximum atomic E-state index is 13.0. The molecule has 17 heavy (non-hydrogen) atoms. The number of thiophene rings is 1. The molecule has 1 heterocycles. The van der Waals surface area contributed by atoms with E-state index in [1.807, 2.05) is 16.8 Å². The molecule has 0 aliphatic carbocycles. The van der Waals surface area contributed by atoms with Gasteiger partial charge in [-0.05, 0) is 28.5 Å². The first-order valence-corrected chi connectivity index (χ1v) is 5.80. The lowest BCUT2D eigenvalue weighted by atomic mass is 10.2. The predicted molar refractivity (Wildman–Crippen MR) is 64.7 cm³/mol. The number of nitro groups is 1. The number of nitrogens with one attached hydrogen (secondary N) is 1. The zero-order valence-electron chi connectivity index (χ0n) is 8.72. The second kappa shape index (κ2) is 4.92. The van der Waals surface area contributed by atoms with Gasteiger partial charge in [0, 0.05) is 18.7 Å². The fraction of sp³-hybridized carbons (Fsp3) is 0.0909. The Morgan fingerprint density at radius 2 is 2.24 bits per heavy atom. The quantitative estimate of drug-likeness (QED) is 0.670. The average Bonchev–Trinajstić information content (AvgIpc) is 2.78. The van der Waals surface area contributed by atoms with Crippen LogP contribution in [0.2, 0.25) is 0 Å². The van der Waals surface area contributed by atoms with Crippen molar-refractivity contribution < 1.29 is 9.31 Å². The predicted octanol–water partition coefficient (Wildman–Crippen LogP) is 3.41. The Kier molecular flexibility index (Phi) is 3.34. The van der Waals surface area contributed by atoms with Gasteiger partial charge in [0.1, 0.15) is 11.5 Å². The Labute approximate surface area is 101 Å². The standard InChI is InChI=1S/C11H9FN2O2S/c12-9-1-2-11(14(15)16)10(5-9)13-6-8-3-4-17-7-8/h1-5,7,13H,6H2. The average molecular weight is 252 g/mol. The van der Waals surface area contributed by atoms with Gasteiger partial charge in [0.05, 0.1) is 4.92 Å². The largest absolute Gasteiger partial charge is 0.375 e. The third kappa shape index (κ3) is 2.79. The van der Waals surface area contributed by atoms with E-state index in [4.69, 9.17) is 0 Å². The maximum absolute atomic E-state index is 13.0. The molecule has 0 radical (unpaired) electrons. The van der Waals surface area contributed by atoms with Crippen LogP contribution in [0.5, 0.6) is 0 Å². The number of nitro benzene ring substituents is 1. The van der Waals surface area contributed by atoms with Crippen molar-refractivity contribution in [3.63, 3.8) is 0 Å². The fourth-order valence-corrected chi connectivity index (χ4v) is 2.07. The molecule has 4 nitrogen and oxygen atoms in total. The summed E-state index contributed by atoms with van der Waals surface area (Å²) in [5.41, 5.74) is 1.08. The lowest BCUT2D eigenvalue weighted by molar-refractivity contribution is -0.384. The van der Waals surface area contributed by atoms with Crippen LogP contribution in [0.15, 0.2) is 35.0 Å². The Hall–Kier alpha value is -1.95. The monoisotopic (exact) mass is 252 g/mol. The number of benzene rings is 1. The SMILES string of the molecule is O=[N+]([O-])c1ccc(F)cc1NCc1ccsc1. The fourth-order valence-electron chi connectivity index (χ4n) is 1.40. The van der Waals surface area contributed by atoms with Crippen LogP contribution in [0.1, 0.15) is 5.56 Å². The third-order valence-corrected chi connectivity index (χ3v) is 2.95. The van der Waals surface area contributed by atoms with Gasteiger partial charge in [-0.15, -0.1) is 0 Å². The van der Waals surface area contributed by atoms with Gasteiger partial charge in [-0.1, -0.05) is 0 Å². The number of nitrogens with zero attached hydrogens (tertiary/aromatic N) is 1. The molecule has 6 heteroatoms. The second-order valence-corrected chi connectivity index (χ2v) is 4.18. The highest BCUT2D eigenvalue weighted by atomic mass is 32.1. The van der Waals surface area contributed by atoms with Crippen LogP contribution < -0.4 is 5.32 Å². The highest BCUT2D eigenvalue weighted by molar-refractivity contribution is 7.07. The van der Waals surface area contributed by atoms with E-state index < -0.39 is 10.7 Å². The van der Waals surface area contributed by atoms with Gasteiger partial charge in [0.25, 0.3) is 5.69 Å². The second-order valence-electron chi connectivity index (χ2n) is 3.40. The number of rotatable bonds is 4. The Balaban J connectivity index is 2.19. The van der Waals surface area contributed by atoms with Gasteiger partial charge in [-0.3, -0.25) is 10.1 Å². The lowest BCUT2D eigenvalue weighted by Crippen LogP contribution is -2.02. The molecule has 0 amide bonds. The Bertz CT molecular complexity index is 528. The van der Waals surface area contributed by atoms with Crippen LogP contribution in [0, 0.1) is 15.9 Å². The summed E-state index contributed by atoms with van der Waals surface area (Å²) in [6.07, 6.45) is 0. The molecule has 0 fully saturated rings. The van der Waals surface area contributed by atoms with Gasteiger partial charge < -0.3 is 5.32 Å². The molecule has 2 rings (SSSR count). The minimum Gasteiger partial charge on any atom is -0.375 e. The zero-order valence-corrected chi connectivity index (χ0v) is 9.54. The summed E-state index contributed by atoms with van der Waals surface area (Å²) in [7, 11) is 0. The van der Waals surface area contributed by atoms with Crippen LogP contribution >= 0.6 is 11.3 Å². The summed E-state index contributed by atoms with van der Waals surface area (Å²) in [6, 6.07) is 5.27. The van der Waals surface area contributed by atoms with Crippen LogP contribution in [-0.4, -0.2) is 4.92 Å². The summed E-state index contributed by atoms with van der Waals surface area (Å²) in [6.45, 7) is 0.438. The third-order valence-electron chi connectivity index (χ3n) is 2.22. The van der Waals surface area contributed by atoms with Crippen LogP contribution in [0.3, 0.4) is 0 Å². The Morgan fingerprint density at radius 1 is 1.41 bits per heavy atom. The molecule has 88 valence electrons. The maximum Gasteiger partial charge on any atom is 0.292 e. The van der Waals surface area contributed by atoms with E-state index in [-0.39, 0.29) is 11.4 Å². The van der Waals surface area contributed by atoms with Gasteiger partial charge in [-0.2, -0.15) is 11.3 Å². The molecular formula is C11H9FN2O2S. The molecule has 2 aromatic rings. The van der Waals surface area contributed by atoms with Crippen molar-refractivity contribution in [3.8, 4) is 0 Å². The van der Waals surface area contributed by atoms with E-state index in [0.717, 1.165) is 23.8 Å². The smallest absolute Gasteiger partial charge is 0.292 e. The van der Waals surface area contributed by atoms with Crippen LogP contribution in [-0.2, 0) is 6.54 Å². The lowest BCUT2D eigenvalue weighted by Gasteiger charge is -2.05. The van der Waals surface area contributed by atoms with Crippen molar-refractivity contribution in [1.82, 2.24) is 0 Å². The molecule has 1 aromatic carbocycles. The molecule has 0 bridgehead atoms. The Morgan fingerprint density at radius 3 is 2.88 bits per heavy atom. The first kappa shape index (κ1) is 11.5. The number of anilines is 1. The molecule has 0 atom stereocenters. The van der Waals surface area contributed by atoms with E-state index in [2.05, 4.69) is 5.32 Å². The van der Waals surface area contributed by atoms with Gasteiger partial charge in [0.2, 0.25) is 0 Å². The van der Waals surface area contributed by atoms with E-state index in [9.17, 15) is 14.5 Å². The minimum atomic E-state index is -0.532. The van der Waals surface area contributed by atoms with E-state index in [0.29, 0.717) is 6.54 Å². The molecule has 0 aliphatic heterocycles. The molecule has 0 saturated heterocycles. The van der Waals surface area contributed by atoms with Crippen molar-refractivity contribution in [2.75, 3.05) is 5.32 Å². The van der Waals surface area contributed by atoms with Crippen molar-refractivity contribution in [1.29, 1.82) is 0 Å². The van der Waals surface area contributed by atoms with Crippen molar-refractivity contribution in [3.05, 3.63) is 56.5 Å². The van der Waals surface area contributed by atoms with Gasteiger partial charge in [0.15, 0.2) is 0 Å². The summed E-state index contributed by atoms with van der Waals surface area (Å²) in [5, 5.41) is 17.4. The van der Waals surface area contributed by atoms with E-state index in [1.54, 1.807) is 11.3 Å². The van der Waals surface area contributed by atoms with Crippen molar-refractivity contribution in [2.45, 2.75) is 6.54 Å². The molecule has 0 saturated carbocycles. The first-order chi connectivity index (χ1) is 8.16. The molecule has 0 spiro atoms. The molecular weight excluding hydrogens is 243 g/mol. The van der Waals surface area contributed by atoms with Crippen LogP contribution in [0.25, 0.3) is 0 Å². The summed E-state index contributed by atoms with van der Waals surface area (Å²) in [4.78, 5) is 10.2. The summed E-state index contributed by atoms with van der Waals surface area (Å²) < 4.78 is 13.0. The van der Waals surface area contributed by atoms with E-state index in [1.165, 1.54) is 0 Å². The highest BCUT2D eigenvalue weighted by Gasteiger charge is 2.13. The number of halogens is 1. The van der Waals surface area contributed by atoms with Crippen molar-refractivity contribution >= 4 is 22.7 Å². The first-order valence-electron chi connectivity index (χ1n) is 4.85. The normalized spacial score (nSPS) is 10.2.